The van der Waals surface area contributed by atoms with Crippen LogP contribution in [0.2, 0.25) is 0 Å². The molecule has 1 N–H and O–H groups in total. The van der Waals surface area contributed by atoms with Crippen molar-refractivity contribution >= 4 is 10.9 Å². The maximum absolute atomic E-state index is 13.1. The van der Waals surface area contributed by atoms with Crippen molar-refractivity contribution in [3.63, 3.8) is 0 Å². The topological polar surface area (TPSA) is 60.6 Å². The molecule has 8 heteroatoms. The van der Waals surface area contributed by atoms with Crippen molar-refractivity contribution in [2.45, 2.75) is 13.1 Å². The molecule has 0 aliphatic carbocycles. The number of ether oxygens (including phenoxy) is 3. The summed E-state index contributed by atoms with van der Waals surface area (Å²) in [5, 5.41) is 0.611. The van der Waals surface area contributed by atoms with Gasteiger partial charge in [0.15, 0.2) is 11.5 Å². The van der Waals surface area contributed by atoms with Gasteiger partial charge >= 0.3 is 6.18 Å². The van der Waals surface area contributed by atoms with Crippen molar-refractivity contribution < 1.29 is 27.4 Å². The van der Waals surface area contributed by atoms with E-state index in [-0.39, 0.29) is 19.1 Å². The molecule has 0 radical (unpaired) electrons. The molecular formula is C19H14F3NO4. The van der Waals surface area contributed by atoms with Crippen molar-refractivity contribution in [2.24, 2.45) is 0 Å². The smallest absolute Gasteiger partial charge is 0.416 e. The summed E-state index contributed by atoms with van der Waals surface area (Å²) < 4.78 is 55.3. The van der Waals surface area contributed by atoms with Gasteiger partial charge in [-0.15, -0.1) is 0 Å². The second-order valence-electron chi connectivity index (χ2n) is 5.94. The number of H-pyrrole nitrogens is 1. The van der Waals surface area contributed by atoms with Crippen LogP contribution in [0.4, 0.5) is 13.2 Å². The maximum Gasteiger partial charge on any atom is 0.416 e. The first kappa shape index (κ1) is 17.3. The van der Waals surface area contributed by atoms with Gasteiger partial charge in [-0.2, -0.15) is 13.2 Å². The van der Waals surface area contributed by atoms with Gasteiger partial charge in [-0.05, 0) is 25.1 Å². The zero-order chi connectivity index (χ0) is 19.2. The van der Waals surface area contributed by atoms with E-state index in [1.165, 1.54) is 12.1 Å². The van der Waals surface area contributed by atoms with Crippen molar-refractivity contribution in [2.75, 3.05) is 13.4 Å². The summed E-state index contributed by atoms with van der Waals surface area (Å²) in [6.07, 6.45) is -4.49. The maximum atomic E-state index is 13.1. The highest BCUT2D eigenvalue weighted by atomic mass is 19.4. The van der Waals surface area contributed by atoms with Gasteiger partial charge in [0.25, 0.3) is 0 Å². The fourth-order valence-electron chi connectivity index (χ4n) is 3.06. The van der Waals surface area contributed by atoms with Crippen LogP contribution in [0.15, 0.2) is 41.2 Å². The van der Waals surface area contributed by atoms with Gasteiger partial charge < -0.3 is 19.2 Å². The van der Waals surface area contributed by atoms with Crippen LogP contribution < -0.4 is 19.8 Å². The van der Waals surface area contributed by atoms with Crippen LogP contribution in [0.5, 0.6) is 17.2 Å². The number of alkyl halides is 3. The number of hydrogen-bond acceptors (Lipinski definition) is 4. The molecule has 0 saturated heterocycles. The summed E-state index contributed by atoms with van der Waals surface area (Å²) in [5.41, 5.74) is 0.119. The predicted molar refractivity (Wildman–Crippen MR) is 92.3 cm³/mol. The van der Waals surface area contributed by atoms with E-state index in [0.29, 0.717) is 33.5 Å². The molecule has 4 rings (SSSR count). The number of aromatic nitrogens is 1. The first-order valence-corrected chi connectivity index (χ1v) is 8.18. The predicted octanol–water partition coefficient (Wildman–Crippen LogP) is 4.34. The lowest BCUT2D eigenvalue weighted by Gasteiger charge is -2.15. The summed E-state index contributed by atoms with van der Waals surface area (Å²) in [5.74, 6) is 1.05. The number of benzene rings is 2. The molecule has 2 aromatic carbocycles. The fourth-order valence-corrected chi connectivity index (χ4v) is 3.06. The quantitative estimate of drug-likeness (QED) is 0.738. The van der Waals surface area contributed by atoms with E-state index in [4.69, 9.17) is 14.2 Å². The Morgan fingerprint density at radius 3 is 2.52 bits per heavy atom. The van der Waals surface area contributed by atoms with Crippen molar-refractivity contribution in [1.82, 2.24) is 4.98 Å². The van der Waals surface area contributed by atoms with E-state index in [2.05, 4.69) is 4.98 Å². The molecule has 0 saturated carbocycles. The van der Waals surface area contributed by atoms with Gasteiger partial charge in [-0.25, -0.2) is 0 Å². The van der Waals surface area contributed by atoms with E-state index in [1.807, 2.05) is 0 Å². The Morgan fingerprint density at radius 1 is 1.07 bits per heavy atom. The van der Waals surface area contributed by atoms with E-state index in [9.17, 15) is 18.0 Å². The molecule has 0 fully saturated rings. The normalized spacial score (nSPS) is 13.2. The monoisotopic (exact) mass is 377 g/mol. The van der Waals surface area contributed by atoms with Crippen molar-refractivity contribution in [1.29, 1.82) is 0 Å². The van der Waals surface area contributed by atoms with Crippen LogP contribution in [0.1, 0.15) is 12.5 Å². The molecule has 2 heterocycles. The summed E-state index contributed by atoms with van der Waals surface area (Å²) in [6, 6.07) is 7.88. The van der Waals surface area contributed by atoms with E-state index < -0.39 is 17.3 Å². The highest BCUT2D eigenvalue weighted by Crippen LogP contribution is 2.42. The average molecular weight is 377 g/mol. The first-order valence-electron chi connectivity index (χ1n) is 8.18. The minimum Gasteiger partial charge on any atom is -0.493 e. The molecule has 1 aromatic heterocycles. The number of nitrogens with one attached hydrogen (secondary N) is 1. The van der Waals surface area contributed by atoms with E-state index in [1.54, 1.807) is 19.1 Å². The Kier molecular flexibility index (Phi) is 3.98. The fraction of sp³-hybridized carbons (Fsp3) is 0.211. The standard InChI is InChI=1S/C19H14F3NO4/c1-2-25-15-5-10(19(20,21)22)3-4-11(15)12-7-18(24)23-14-8-17-16(6-13(12)14)26-9-27-17/h3-8H,2,9H2,1H3,(H,23,24). The molecular weight excluding hydrogens is 363 g/mol. The van der Waals surface area contributed by atoms with Gasteiger partial charge in [0.05, 0.1) is 17.7 Å². The number of fused-ring (bicyclic) bond motifs is 2. The zero-order valence-electron chi connectivity index (χ0n) is 14.1. The number of halogens is 3. The highest BCUT2D eigenvalue weighted by molar-refractivity contribution is 5.97. The molecule has 0 atom stereocenters. The van der Waals surface area contributed by atoms with Crippen LogP contribution in [0.3, 0.4) is 0 Å². The largest absolute Gasteiger partial charge is 0.493 e. The lowest BCUT2D eigenvalue weighted by atomic mass is 9.98. The summed E-state index contributed by atoms with van der Waals surface area (Å²) >= 11 is 0. The minimum atomic E-state index is -4.49. The Hall–Kier alpha value is -3.16. The second kappa shape index (κ2) is 6.22. The lowest BCUT2D eigenvalue weighted by molar-refractivity contribution is -0.137. The van der Waals surface area contributed by atoms with Crippen molar-refractivity contribution in [3.05, 3.63) is 52.3 Å². The zero-order valence-corrected chi connectivity index (χ0v) is 14.1. The van der Waals surface area contributed by atoms with Crippen LogP contribution in [0, 0.1) is 0 Å². The Bertz CT molecular complexity index is 1090. The Balaban J connectivity index is 1.97. The third kappa shape index (κ3) is 3.07. The number of pyridine rings is 1. The molecule has 0 bridgehead atoms. The molecule has 3 aromatic rings. The van der Waals surface area contributed by atoms with Crippen LogP contribution >= 0.6 is 0 Å². The third-order valence-electron chi connectivity index (χ3n) is 4.24. The third-order valence-corrected chi connectivity index (χ3v) is 4.24. The summed E-state index contributed by atoms with van der Waals surface area (Å²) in [6.45, 7) is 1.93. The van der Waals surface area contributed by atoms with Gasteiger partial charge in [0.2, 0.25) is 12.4 Å². The highest BCUT2D eigenvalue weighted by Gasteiger charge is 2.31. The number of rotatable bonds is 3. The van der Waals surface area contributed by atoms with Gasteiger partial charge in [-0.1, -0.05) is 6.07 Å². The summed E-state index contributed by atoms with van der Waals surface area (Å²) in [7, 11) is 0. The molecule has 0 unspecified atom stereocenters. The van der Waals surface area contributed by atoms with Gasteiger partial charge in [0.1, 0.15) is 5.75 Å². The summed E-state index contributed by atoms with van der Waals surface area (Å²) in [4.78, 5) is 14.8. The van der Waals surface area contributed by atoms with Gasteiger partial charge in [-0.3, -0.25) is 4.79 Å². The Morgan fingerprint density at radius 2 is 1.81 bits per heavy atom. The minimum absolute atomic E-state index is 0.0527. The molecule has 27 heavy (non-hydrogen) atoms. The lowest BCUT2D eigenvalue weighted by Crippen LogP contribution is -2.08. The molecule has 1 aliphatic rings. The SMILES string of the molecule is CCOc1cc(C(F)(F)F)ccc1-c1cc(=O)[nH]c2cc3c(cc12)OCO3. The molecule has 1 aliphatic heterocycles. The van der Waals surface area contributed by atoms with Crippen LogP contribution in [-0.4, -0.2) is 18.4 Å². The van der Waals surface area contributed by atoms with Crippen LogP contribution in [-0.2, 0) is 6.18 Å². The van der Waals surface area contributed by atoms with E-state index in [0.717, 1.165) is 12.1 Å². The molecule has 0 spiro atoms. The Labute approximate surface area is 151 Å². The van der Waals surface area contributed by atoms with Crippen molar-refractivity contribution in [3.8, 4) is 28.4 Å². The van der Waals surface area contributed by atoms with E-state index >= 15 is 0 Å². The second-order valence-corrected chi connectivity index (χ2v) is 5.94. The number of aromatic amines is 1. The van der Waals surface area contributed by atoms with Crippen LogP contribution in [0.25, 0.3) is 22.0 Å². The molecule has 5 nitrogen and oxygen atoms in total. The van der Waals surface area contributed by atoms with Gasteiger partial charge in [0, 0.05) is 28.6 Å². The average Bonchev–Trinajstić information content (AvgIpc) is 3.06. The molecule has 0 amide bonds. The molecule has 140 valence electrons. The number of hydrogen-bond donors (Lipinski definition) is 1. The first-order chi connectivity index (χ1) is 12.9.